The third-order valence-electron chi connectivity index (χ3n) is 3.67. The Bertz CT molecular complexity index is 634. The minimum Gasteiger partial charge on any atom is -0.326 e. The van der Waals surface area contributed by atoms with Gasteiger partial charge in [-0.3, -0.25) is 4.79 Å². The Morgan fingerprint density at radius 2 is 2.04 bits per heavy atom. The summed E-state index contributed by atoms with van der Waals surface area (Å²) in [6.07, 6.45) is 3.34. The Balaban J connectivity index is 1.76. The number of rotatable bonds is 6. The fourth-order valence-electron chi connectivity index (χ4n) is 2.67. The summed E-state index contributed by atoms with van der Waals surface area (Å²) in [5.41, 5.74) is 0.772. The van der Waals surface area contributed by atoms with Gasteiger partial charge < -0.3 is 10.2 Å². The number of halogens is 1. The van der Waals surface area contributed by atoms with Crippen LogP contribution in [0.15, 0.2) is 28.7 Å². The molecule has 128 valence electrons. The molecule has 1 aromatic carbocycles. The molecule has 23 heavy (non-hydrogen) atoms. The van der Waals surface area contributed by atoms with Crippen LogP contribution >= 0.6 is 15.9 Å². The molecule has 1 amide bonds. The van der Waals surface area contributed by atoms with Gasteiger partial charge in [0.25, 0.3) is 0 Å². The van der Waals surface area contributed by atoms with Crippen molar-refractivity contribution in [3.63, 3.8) is 0 Å². The predicted molar refractivity (Wildman–Crippen MR) is 94.8 cm³/mol. The zero-order valence-electron chi connectivity index (χ0n) is 13.1. The van der Waals surface area contributed by atoms with Gasteiger partial charge in [0.1, 0.15) is 0 Å². The van der Waals surface area contributed by atoms with E-state index in [4.69, 9.17) is 0 Å². The fraction of sp³-hybridized carbons (Fsp3) is 0.533. The molecule has 0 aliphatic carbocycles. The maximum Gasteiger partial charge on any atom is 0.225 e. The molecular weight excluding hydrogens is 382 g/mol. The van der Waals surface area contributed by atoms with Crippen molar-refractivity contribution in [3.05, 3.63) is 28.7 Å². The van der Waals surface area contributed by atoms with Crippen LogP contribution in [0.5, 0.6) is 0 Å². The Hall–Kier alpha value is -0.960. The van der Waals surface area contributed by atoms with Crippen LogP contribution in [-0.4, -0.2) is 51.2 Å². The van der Waals surface area contributed by atoms with E-state index >= 15 is 0 Å². The van der Waals surface area contributed by atoms with E-state index < -0.39 is 10.0 Å². The Kier molecular flexibility index (Phi) is 6.58. The minimum atomic E-state index is -3.18. The lowest BCUT2D eigenvalue weighted by Crippen LogP contribution is -2.47. The molecule has 0 saturated carbocycles. The van der Waals surface area contributed by atoms with Crippen molar-refractivity contribution in [3.8, 4) is 0 Å². The highest BCUT2D eigenvalue weighted by atomic mass is 79.9. The molecule has 1 aromatic rings. The first kappa shape index (κ1) is 18.4. The smallest absolute Gasteiger partial charge is 0.225 e. The number of hydrogen-bond acceptors (Lipinski definition) is 4. The van der Waals surface area contributed by atoms with E-state index in [9.17, 15) is 13.2 Å². The number of hydrogen-bond donors (Lipinski definition) is 2. The normalized spacial score (nSPS) is 19.5. The summed E-state index contributed by atoms with van der Waals surface area (Å²) >= 11 is 3.35. The minimum absolute atomic E-state index is 0.0366. The molecule has 1 fully saturated rings. The molecule has 2 N–H and O–H groups in total. The van der Waals surface area contributed by atoms with Crippen LogP contribution in [0.2, 0.25) is 0 Å². The van der Waals surface area contributed by atoms with Crippen LogP contribution in [0, 0.1) is 0 Å². The first-order valence-corrected chi connectivity index (χ1v) is 10.3. The fourth-order valence-corrected chi connectivity index (χ4v) is 3.74. The largest absolute Gasteiger partial charge is 0.326 e. The van der Waals surface area contributed by atoms with Crippen molar-refractivity contribution in [2.45, 2.75) is 25.3 Å². The van der Waals surface area contributed by atoms with E-state index in [2.05, 4.69) is 30.9 Å². The molecular formula is C15H22BrN3O3S. The second-order valence-electron chi connectivity index (χ2n) is 5.83. The lowest BCUT2D eigenvalue weighted by Gasteiger charge is -2.32. The van der Waals surface area contributed by atoms with E-state index in [1.54, 1.807) is 0 Å². The topological polar surface area (TPSA) is 78.5 Å². The monoisotopic (exact) mass is 403 g/mol. The van der Waals surface area contributed by atoms with Crippen molar-refractivity contribution in [2.24, 2.45) is 0 Å². The lowest BCUT2D eigenvalue weighted by atomic mass is 10.1. The summed E-state index contributed by atoms with van der Waals surface area (Å²) in [7, 11) is -3.18. The van der Waals surface area contributed by atoms with Gasteiger partial charge in [-0.1, -0.05) is 15.9 Å². The molecule has 6 nitrogen and oxygen atoms in total. The van der Waals surface area contributed by atoms with Gasteiger partial charge in [0.15, 0.2) is 0 Å². The molecule has 2 rings (SSSR count). The van der Waals surface area contributed by atoms with Crippen molar-refractivity contribution in [1.82, 2.24) is 9.62 Å². The molecule has 1 saturated heterocycles. The van der Waals surface area contributed by atoms with Crippen molar-refractivity contribution >= 4 is 37.5 Å². The summed E-state index contributed by atoms with van der Waals surface area (Å²) in [6, 6.07) is 7.38. The van der Waals surface area contributed by atoms with Crippen LogP contribution in [0.4, 0.5) is 5.69 Å². The second kappa shape index (κ2) is 8.23. The zero-order chi connectivity index (χ0) is 16.9. The number of likely N-dealkylation sites (tertiary alicyclic amines) is 1. The first-order valence-electron chi connectivity index (χ1n) is 7.57. The number of carbonyl (C=O) groups is 1. The maximum absolute atomic E-state index is 12.0. The van der Waals surface area contributed by atoms with E-state index in [1.807, 2.05) is 24.3 Å². The highest BCUT2D eigenvalue weighted by Gasteiger charge is 2.22. The van der Waals surface area contributed by atoms with Gasteiger partial charge >= 0.3 is 0 Å². The predicted octanol–water partition coefficient (Wildman–Crippen LogP) is 1.79. The lowest BCUT2D eigenvalue weighted by molar-refractivity contribution is -0.116. The van der Waals surface area contributed by atoms with Gasteiger partial charge in [-0.2, -0.15) is 0 Å². The quantitative estimate of drug-likeness (QED) is 0.758. The number of piperidine rings is 1. The number of nitrogens with one attached hydrogen (secondary N) is 2. The van der Waals surface area contributed by atoms with Gasteiger partial charge in [0.05, 0.1) is 6.26 Å². The Morgan fingerprint density at radius 3 is 2.70 bits per heavy atom. The molecule has 0 spiro atoms. The van der Waals surface area contributed by atoms with Crippen molar-refractivity contribution in [2.75, 3.05) is 31.2 Å². The molecule has 0 bridgehead atoms. The molecule has 0 radical (unpaired) electrons. The maximum atomic E-state index is 12.0. The summed E-state index contributed by atoms with van der Waals surface area (Å²) in [5.74, 6) is -0.0366. The van der Waals surface area contributed by atoms with Crippen molar-refractivity contribution < 1.29 is 13.2 Å². The highest BCUT2D eigenvalue weighted by Crippen LogP contribution is 2.15. The molecule has 1 aliphatic rings. The van der Waals surface area contributed by atoms with E-state index in [1.165, 1.54) is 6.26 Å². The number of benzene rings is 1. The number of carbonyl (C=O) groups excluding carboxylic acids is 1. The molecule has 8 heteroatoms. The van der Waals surface area contributed by atoms with Gasteiger partial charge in [-0.25, -0.2) is 13.1 Å². The number of nitrogens with zero attached hydrogens (tertiary/aromatic N) is 1. The van der Waals surface area contributed by atoms with Crippen LogP contribution < -0.4 is 10.0 Å². The van der Waals surface area contributed by atoms with E-state index in [-0.39, 0.29) is 11.9 Å². The molecule has 0 aromatic heterocycles. The van der Waals surface area contributed by atoms with Gasteiger partial charge in [-0.15, -0.1) is 0 Å². The standard InChI is InChI=1S/C15H22BrN3O3S/c1-23(21,22)18-14-3-2-9-19(11-14)10-8-15(20)17-13-6-4-12(16)5-7-13/h4-7,14,18H,2-3,8-11H2,1H3,(H,17,20). The first-order chi connectivity index (χ1) is 10.8. The third-order valence-corrected chi connectivity index (χ3v) is 4.96. The average Bonchev–Trinajstić information content (AvgIpc) is 2.46. The molecule has 1 aliphatic heterocycles. The average molecular weight is 404 g/mol. The van der Waals surface area contributed by atoms with Crippen molar-refractivity contribution in [1.29, 1.82) is 0 Å². The Labute approximate surface area is 145 Å². The second-order valence-corrected chi connectivity index (χ2v) is 8.53. The third kappa shape index (κ3) is 6.99. The van der Waals surface area contributed by atoms with Gasteiger partial charge in [-0.05, 0) is 43.7 Å². The summed E-state index contributed by atoms with van der Waals surface area (Å²) in [6.45, 7) is 2.18. The molecule has 1 heterocycles. The van der Waals surface area contributed by atoms with Gasteiger partial charge in [0, 0.05) is 35.7 Å². The van der Waals surface area contributed by atoms with E-state index in [0.29, 0.717) is 19.5 Å². The number of anilines is 1. The highest BCUT2D eigenvalue weighted by molar-refractivity contribution is 9.10. The molecule has 1 unspecified atom stereocenters. The number of amides is 1. The number of sulfonamides is 1. The summed E-state index contributed by atoms with van der Waals surface area (Å²) in [5, 5.41) is 2.86. The van der Waals surface area contributed by atoms with Gasteiger partial charge in [0.2, 0.25) is 15.9 Å². The van der Waals surface area contributed by atoms with Crippen LogP contribution in [0.3, 0.4) is 0 Å². The zero-order valence-corrected chi connectivity index (χ0v) is 15.5. The summed E-state index contributed by atoms with van der Waals surface area (Å²) < 4.78 is 26.2. The molecule has 1 atom stereocenters. The van der Waals surface area contributed by atoms with E-state index in [0.717, 1.165) is 29.5 Å². The SMILES string of the molecule is CS(=O)(=O)NC1CCCN(CCC(=O)Nc2ccc(Br)cc2)C1. The van der Waals surface area contributed by atoms with Crippen LogP contribution in [0.1, 0.15) is 19.3 Å². The van der Waals surface area contributed by atoms with Crippen LogP contribution in [-0.2, 0) is 14.8 Å². The van der Waals surface area contributed by atoms with Crippen LogP contribution in [0.25, 0.3) is 0 Å². The Morgan fingerprint density at radius 1 is 1.35 bits per heavy atom. The summed E-state index contributed by atoms with van der Waals surface area (Å²) in [4.78, 5) is 14.1.